The molecule has 0 bridgehead atoms. The maximum atomic E-state index is 13.5. The van der Waals surface area contributed by atoms with Crippen LogP contribution >= 0.6 is 0 Å². The molecule has 1 atom stereocenters. The summed E-state index contributed by atoms with van der Waals surface area (Å²) in [6.07, 6.45) is 0.868. The Labute approximate surface area is 144 Å². The molecule has 134 valence electrons. The first-order valence-electron chi connectivity index (χ1n) is 8.22. The van der Waals surface area contributed by atoms with Gasteiger partial charge in [-0.25, -0.2) is 4.39 Å². The van der Waals surface area contributed by atoms with E-state index in [2.05, 4.69) is 15.5 Å². The highest BCUT2D eigenvalue weighted by Crippen LogP contribution is 2.24. The first-order chi connectivity index (χ1) is 12.1. The van der Waals surface area contributed by atoms with Crippen LogP contribution in [0.4, 0.5) is 4.39 Å². The number of benzene rings is 1. The number of hydrogen-bond acceptors (Lipinski definition) is 6. The van der Waals surface area contributed by atoms with E-state index in [0.29, 0.717) is 24.9 Å². The van der Waals surface area contributed by atoms with Crippen LogP contribution in [0.5, 0.6) is 5.75 Å². The summed E-state index contributed by atoms with van der Waals surface area (Å²) < 4.78 is 29.3. The molecular weight excluding hydrogens is 329 g/mol. The summed E-state index contributed by atoms with van der Waals surface area (Å²) in [7, 11) is 0. The van der Waals surface area contributed by atoms with Gasteiger partial charge >= 0.3 is 0 Å². The number of nitrogens with one attached hydrogen (secondary N) is 1. The number of halogens is 1. The Morgan fingerprint density at radius 3 is 2.92 bits per heavy atom. The number of carbonyl (C=O) groups excluding carboxylic acids is 1. The third-order valence-electron chi connectivity index (χ3n) is 3.99. The van der Waals surface area contributed by atoms with Crippen LogP contribution in [0.25, 0.3) is 0 Å². The van der Waals surface area contributed by atoms with E-state index in [9.17, 15) is 9.18 Å². The van der Waals surface area contributed by atoms with Crippen molar-refractivity contribution in [1.29, 1.82) is 0 Å². The van der Waals surface area contributed by atoms with E-state index in [4.69, 9.17) is 14.0 Å². The third-order valence-corrected chi connectivity index (χ3v) is 3.99. The van der Waals surface area contributed by atoms with E-state index < -0.39 is 17.8 Å². The number of rotatable bonds is 6. The summed E-state index contributed by atoms with van der Waals surface area (Å²) in [5.41, 5.74) is 0. The van der Waals surface area contributed by atoms with Crippen molar-refractivity contribution in [2.24, 2.45) is 0 Å². The van der Waals surface area contributed by atoms with Gasteiger partial charge in [0.2, 0.25) is 5.89 Å². The molecule has 0 spiro atoms. The van der Waals surface area contributed by atoms with Crippen molar-refractivity contribution in [3.05, 3.63) is 41.8 Å². The molecule has 2 aromatic rings. The van der Waals surface area contributed by atoms with Crippen molar-refractivity contribution in [2.75, 3.05) is 13.2 Å². The molecular formula is C17H20FN3O4. The Kier molecular flexibility index (Phi) is 5.60. The van der Waals surface area contributed by atoms with Crippen LogP contribution in [0.2, 0.25) is 0 Å². The fraction of sp³-hybridized carbons (Fsp3) is 0.471. The third kappa shape index (κ3) is 4.54. The van der Waals surface area contributed by atoms with Crippen LogP contribution in [0, 0.1) is 5.82 Å². The lowest BCUT2D eigenvalue weighted by Crippen LogP contribution is -2.36. The van der Waals surface area contributed by atoms with Gasteiger partial charge in [-0.1, -0.05) is 17.3 Å². The minimum atomic E-state index is -0.852. The molecule has 2 heterocycles. The fourth-order valence-electron chi connectivity index (χ4n) is 2.55. The maximum absolute atomic E-state index is 13.5. The molecule has 1 fully saturated rings. The molecule has 3 rings (SSSR count). The number of nitrogens with zero attached hydrogens (tertiary/aromatic N) is 2. The van der Waals surface area contributed by atoms with Gasteiger partial charge < -0.3 is 19.3 Å². The van der Waals surface area contributed by atoms with Gasteiger partial charge in [0, 0.05) is 19.1 Å². The van der Waals surface area contributed by atoms with Gasteiger partial charge in [0.15, 0.2) is 23.5 Å². The van der Waals surface area contributed by atoms with E-state index in [1.807, 2.05) is 0 Å². The average molecular weight is 349 g/mol. The lowest BCUT2D eigenvalue weighted by atomic mass is 10.00. The number of para-hydroxylation sites is 1. The predicted molar refractivity (Wildman–Crippen MR) is 85.4 cm³/mol. The van der Waals surface area contributed by atoms with Crippen LogP contribution < -0.4 is 10.1 Å². The molecule has 1 aliphatic rings. The Hall–Kier alpha value is -2.48. The van der Waals surface area contributed by atoms with E-state index in [1.54, 1.807) is 19.1 Å². The van der Waals surface area contributed by atoms with Gasteiger partial charge in [0.05, 0.1) is 6.54 Å². The van der Waals surface area contributed by atoms with Crippen molar-refractivity contribution in [3.63, 3.8) is 0 Å². The largest absolute Gasteiger partial charge is 0.478 e. The van der Waals surface area contributed by atoms with Gasteiger partial charge in [0.25, 0.3) is 5.91 Å². The van der Waals surface area contributed by atoms with Gasteiger partial charge in [-0.15, -0.1) is 0 Å². The van der Waals surface area contributed by atoms with Crippen LogP contribution in [-0.2, 0) is 16.1 Å². The zero-order valence-electron chi connectivity index (χ0n) is 13.9. The van der Waals surface area contributed by atoms with Crippen LogP contribution in [0.1, 0.15) is 37.4 Å². The molecule has 0 unspecified atom stereocenters. The van der Waals surface area contributed by atoms with E-state index in [0.717, 1.165) is 12.8 Å². The second-order valence-electron chi connectivity index (χ2n) is 5.84. The quantitative estimate of drug-likeness (QED) is 0.860. The first kappa shape index (κ1) is 17.3. The smallest absolute Gasteiger partial charge is 0.261 e. The molecule has 7 nitrogen and oxygen atoms in total. The topological polar surface area (TPSA) is 86.5 Å². The van der Waals surface area contributed by atoms with Crippen LogP contribution in [-0.4, -0.2) is 35.4 Å². The van der Waals surface area contributed by atoms with Gasteiger partial charge in [-0.3, -0.25) is 4.79 Å². The summed E-state index contributed by atoms with van der Waals surface area (Å²) in [6, 6.07) is 5.94. The summed E-state index contributed by atoms with van der Waals surface area (Å²) in [4.78, 5) is 16.4. The number of carbonyl (C=O) groups is 1. The molecule has 25 heavy (non-hydrogen) atoms. The summed E-state index contributed by atoms with van der Waals surface area (Å²) in [5, 5.41) is 6.62. The Morgan fingerprint density at radius 1 is 1.40 bits per heavy atom. The number of aromatic nitrogens is 2. The first-order valence-corrected chi connectivity index (χ1v) is 8.22. The molecule has 1 aromatic heterocycles. The van der Waals surface area contributed by atoms with Crippen molar-refractivity contribution in [3.8, 4) is 5.75 Å². The highest BCUT2D eigenvalue weighted by molar-refractivity contribution is 5.80. The molecule has 0 radical (unpaired) electrons. The number of amides is 1. The second kappa shape index (κ2) is 8.06. The summed E-state index contributed by atoms with van der Waals surface area (Å²) >= 11 is 0. The Bertz CT molecular complexity index is 715. The molecule has 0 aliphatic carbocycles. The number of ether oxygens (including phenoxy) is 2. The molecule has 1 saturated heterocycles. The SMILES string of the molecule is C[C@@H](Oc1ccccc1F)C(=O)NCc1nc(C2CCOCC2)no1. The standard InChI is InChI=1S/C17H20FN3O4/c1-11(24-14-5-3-2-4-13(14)18)17(22)19-10-15-20-16(21-25-15)12-6-8-23-9-7-12/h2-5,11-12H,6-10H2,1H3,(H,19,22)/t11-/m1/s1. The van der Waals surface area contributed by atoms with E-state index in [1.165, 1.54) is 12.1 Å². The predicted octanol–water partition coefficient (Wildman–Crippen LogP) is 2.19. The Morgan fingerprint density at radius 2 is 2.16 bits per heavy atom. The van der Waals surface area contributed by atoms with Crippen molar-refractivity contribution < 1.29 is 23.2 Å². The number of hydrogen-bond donors (Lipinski definition) is 1. The van der Waals surface area contributed by atoms with Crippen LogP contribution in [0.3, 0.4) is 0 Å². The van der Waals surface area contributed by atoms with Gasteiger partial charge in [0.1, 0.15) is 0 Å². The zero-order chi connectivity index (χ0) is 17.6. The molecule has 1 aliphatic heterocycles. The minimum absolute atomic E-state index is 0.0322. The lowest BCUT2D eigenvalue weighted by molar-refractivity contribution is -0.127. The van der Waals surface area contributed by atoms with Crippen LogP contribution in [0.15, 0.2) is 28.8 Å². The molecule has 0 saturated carbocycles. The van der Waals surface area contributed by atoms with Crippen molar-refractivity contribution >= 4 is 5.91 Å². The molecule has 1 N–H and O–H groups in total. The summed E-state index contributed by atoms with van der Waals surface area (Å²) in [6.45, 7) is 3.02. The van der Waals surface area contributed by atoms with Gasteiger partial charge in [-0.05, 0) is 31.9 Å². The molecule has 8 heteroatoms. The minimum Gasteiger partial charge on any atom is -0.478 e. The van der Waals surface area contributed by atoms with E-state index in [-0.39, 0.29) is 18.2 Å². The lowest BCUT2D eigenvalue weighted by Gasteiger charge is -2.18. The fourth-order valence-corrected chi connectivity index (χ4v) is 2.55. The molecule has 1 aromatic carbocycles. The van der Waals surface area contributed by atoms with Gasteiger partial charge in [-0.2, -0.15) is 4.98 Å². The Balaban J connectivity index is 1.50. The van der Waals surface area contributed by atoms with E-state index >= 15 is 0 Å². The monoisotopic (exact) mass is 349 g/mol. The molecule has 1 amide bonds. The average Bonchev–Trinajstić information content (AvgIpc) is 3.11. The summed E-state index contributed by atoms with van der Waals surface area (Å²) in [5.74, 6) is 0.320. The highest BCUT2D eigenvalue weighted by atomic mass is 19.1. The van der Waals surface area contributed by atoms with Crippen molar-refractivity contribution in [1.82, 2.24) is 15.5 Å². The maximum Gasteiger partial charge on any atom is 0.261 e. The zero-order valence-corrected chi connectivity index (χ0v) is 13.9. The highest BCUT2D eigenvalue weighted by Gasteiger charge is 2.22. The van der Waals surface area contributed by atoms with Crippen molar-refractivity contribution in [2.45, 2.75) is 38.3 Å². The normalized spacial score (nSPS) is 16.4. The second-order valence-corrected chi connectivity index (χ2v) is 5.84.